The molecule has 3 aromatic rings. The van der Waals surface area contributed by atoms with Gasteiger partial charge in [0.05, 0.1) is 24.6 Å². The zero-order chi connectivity index (χ0) is 18.8. The molecule has 0 fully saturated rings. The van der Waals surface area contributed by atoms with E-state index in [4.69, 9.17) is 21.4 Å². The normalized spacial score (nSPS) is 12.2. The number of benzene rings is 2. The van der Waals surface area contributed by atoms with Crippen molar-refractivity contribution in [1.82, 2.24) is 4.98 Å². The Labute approximate surface area is 157 Å². The van der Waals surface area contributed by atoms with Gasteiger partial charge in [-0.05, 0) is 30.3 Å². The van der Waals surface area contributed by atoms with Crippen LogP contribution in [0.3, 0.4) is 0 Å². The van der Waals surface area contributed by atoms with Gasteiger partial charge >= 0.3 is 11.9 Å². The molecule has 2 N–H and O–H groups in total. The first kappa shape index (κ1) is 18.3. The fourth-order valence-electron chi connectivity index (χ4n) is 2.59. The Kier molecular flexibility index (Phi) is 5.20. The van der Waals surface area contributed by atoms with Gasteiger partial charge in [0.2, 0.25) is 0 Å². The smallest absolute Gasteiger partial charge is 0.317 e. The minimum Gasteiger partial charge on any atom is -0.497 e. The van der Waals surface area contributed by atoms with Gasteiger partial charge in [-0.1, -0.05) is 17.7 Å². The molecule has 0 aliphatic rings. The van der Waals surface area contributed by atoms with Gasteiger partial charge in [0.25, 0.3) is 0 Å². The molecular weight excluding hydrogens is 378 g/mol. The minimum atomic E-state index is -1.19. The van der Waals surface area contributed by atoms with Gasteiger partial charge < -0.3 is 14.9 Å². The van der Waals surface area contributed by atoms with Gasteiger partial charge in [0, 0.05) is 20.7 Å². The summed E-state index contributed by atoms with van der Waals surface area (Å²) < 4.78 is 5.26. The molecule has 1 atom stereocenters. The maximum Gasteiger partial charge on any atom is 0.317 e. The Morgan fingerprint density at radius 3 is 2.58 bits per heavy atom. The Morgan fingerprint density at radius 2 is 1.92 bits per heavy atom. The first-order chi connectivity index (χ1) is 12.4. The molecule has 1 heterocycles. The standard InChI is InChI=1S/C18H14ClNO5S/c1-25-10-3-5-13-12(7-10)17(26-15(18(23)24)8-16(21)22)11-4-2-9(19)6-14(11)20-13/h2-7,15H,8H2,1H3,(H,21,22)(H,23,24)/t15-/m0/s1. The number of fused-ring (bicyclic) bond motifs is 2. The van der Waals surface area contributed by atoms with Crippen LogP contribution in [-0.4, -0.2) is 39.5 Å². The molecule has 0 radical (unpaired) electrons. The minimum absolute atomic E-state index is 0.497. The van der Waals surface area contributed by atoms with E-state index in [2.05, 4.69) is 4.98 Å². The van der Waals surface area contributed by atoms with Crippen molar-refractivity contribution in [2.45, 2.75) is 16.6 Å². The number of nitrogens with zero attached hydrogens (tertiary/aromatic N) is 1. The molecule has 0 saturated heterocycles. The number of thioether (sulfide) groups is 1. The third kappa shape index (κ3) is 3.68. The van der Waals surface area contributed by atoms with E-state index in [9.17, 15) is 14.7 Å². The van der Waals surface area contributed by atoms with Crippen molar-refractivity contribution in [3.8, 4) is 5.75 Å². The highest BCUT2D eigenvalue weighted by molar-refractivity contribution is 8.01. The number of hydrogen-bond acceptors (Lipinski definition) is 5. The van der Waals surface area contributed by atoms with Crippen molar-refractivity contribution in [2.75, 3.05) is 7.11 Å². The molecule has 6 nitrogen and oxygen atoms in total. The maximum atomic E-state index is 11.5. The van der Waals surface area contributed by atoms with E-state index in [1.807, 2.05) is 0 Å². The Balaban J connectivity index is 2.26. The van der Waals surface area contributed by atoms with Crippen LogP contribution in [0.4, 0.5) is 0 Å². The average molecular weight is 392 g/mol. The summed E-state index contributed by atoms with van der Waals surface area (Å²) in [5.41, 5.74) is 1.25. The van der Waals surface area contributed by atoms with Crippen LogP contribution < -0.4 is 4.74 Å². The zero-order valence-corrected chi connectivity index (χ0v) is 15.2. The number of pyridine rings is 1. The van der Waals surface area contributed by atoms with Crippen LogP contribution >= 0.6 is 23.4 Å². The first-order valence-corrected chi connectivity index (χ1v) is 8.83. The predicted molar refractivity (Wildman–Crippen MR) is 100 cm³/mol. The van der Waals surface area contributed by atoms with E-state index in [0.717, 1.165) is 11.8 Å². The monoisotopic (exact) mass is 391 g/mol. The van der Waals surface area contributed by atoms with Gasteiger partial charge in [-0.2, -0.15) is 0 Å². The molecular formula is C18H14ClNO5S. The van der Waals surface area contributed by atoms with E-state index in [1.165, 1.54) is 7.11 Å². The third-order valence-electron chi connectivity index (χ3n) is 3.79. The van der Waals surface area contributed by atoms with Gasteiger partial charge in [-0.15, -0.1) is 11.8 Å². The number of carboxylic acids is 2. The lowest BCUT2D eigenvalue weighted by Gasteiger charge is -2.15. The highest BCUT2D eigenvalue weighted by Crippen LogP contribution is 2.39. The third-order valence-corrected chi connectivity index (χ3v) is 5.35. The summed E-state index contributed by atoms with van der Waals surface area (Å²) in [5, 5.41) is 19.2. The SMILES string of the molecule is COc1ccc2nc3cc(Cl)ccc3c(S[C@@H](CC(=O)O)C(=O)O)c2c1. The summed E-state index contributed by atoms with van der Waals surface area (Å²) in [6.45, 7) is 0. The summed E-state index contributed by atoms with van der Waals surface area (Å²) in [5.74, 6) is -1.76. The second kappa shape index (κ2) is 7.39. The van der Waals surface area contributed by atoms with Crippen LogP contribution in [0.1, 0.15) is 6.42 Å². The molecule has 8 heteroatoms. The fourth-order valence-corrected chi connectivity index (χ4v) is 3.96. The van der Waals surface area contributed by atoms with E-state index in [0.29, 0.717) is 37.5 Å². The molecule has 3 rings (SSSR count). The Morgan fingerprint density at radius 1 is 1.15 bits per heavy atom. The number of carbonyl (C=O) groups is 2. The molecule has 0 aliphatic heterocycles. The molecule has 26 heavy (non-hydrogen) atoms. The topological polar surface area (TPSA) is 96.7 Å². The number of aliphatic carboxylic acids is 2. The molecule has 134 valence electrons. The first-order valence-electron chi connectivity index (χ1n) is 7.57. The number of rotatable bonds is 6. The lowest BCUT2D eigenvalue weighted by Crippen LogP contribution is -2.20. The van der Waals surface area contributed by atoms with Crippen LogP contribution in [-0.2, 0) is 9.59 Å². The Bertz CT molecular complexity index is 1020. The molecule has 0 aliphatic carbocycles. The quantitative estimate of drug-likeness (QED) is 0.482. The summed E-state index contributed by atoms with van der Waals surface area (Å²) in [7, 11) is 1.53. The van der Waals surface area contributed by atoms with Crippen molar-refractivity contribution in [1.29, 1.82) is 0 Å². The summed E-state index contributed by atoms with van der Waals surface area (Å²) in [6.07, 6.45) is -0.497. The molecule has 0 spiro atoms. The average Bonchev–Trinajstić information content (AvgIpc) is 2.59. The Hall–Kier alpha value is -2.51. The molecule has 1 aromatic heterocycles. The number of aromatic nitrogens is 1. The summed E-state index contributed by atoms with van der Waals surface area (Å²) >= 11 is 7.05. The van der Waals surface area contributed by atoms with Crippen molar-refractivity contribution in [3.63, 3.8) is 0 Å². The number of ether oxygens (including phenoxy) is 1. The molecule has 0 saturated carbocycles. The molecule has 2 aromatic carbocycles. The van der Waals surface area contributed by atoms with E-state index >= 15 is 0 Å². The van der Waals surface area contributed by atoms with E-state index < -0.39 is 23.6 Å². The lowest BCUT2D eigenvalue weighted by molar-refractivity contribution is -0.142. The largest absolute Gasteiger partial charge is 0.497 e. The zero-order valence-electron chi connectivity index (χ0n) is 13.6. The number of methoxy groups -OCH3 is 1. The summed E-state index contributed by atoms with van der Waals surface area (Å²) in [4.78, 5) is 27.8. The molecule has 0 unspecified atom stereocenters. The van der Waals surface area contributed by atoms with Crippen molar-refractivity contribution >= 4 is 57.1 Å². The number of halogens is 1. The van der Waals surface area contributed by atoms with Crippen molar-refractivity contribution in [3.05, 3.63) is 41.4 Å². The molecule has 0 amide bonds. The van der Waals surface area contributed by atoms with Gasteiger partial charge in [0.15, 0.2) is 0 Å². The van der Waals surface area contributed by atoms with E-state index in [-0.39, 0.29) is 0 Å². The van der Waals surface area contributed by atoms with Crippen molar-refractivity contribution < 1.29 is 24.5 Å². The predicted octanol–water partition coefficient (Wildman–Crippen LogP) is 4.07. The van der Waals surface area contributed by atoms with E-state index in [1.54, 1.807) is 36.4 Å². The highest BCUT2D eigenvalue weighted by atomic mass is 35.5. The van der Waals surface area contributed by atoms with Crippen LogP contribution in [0.5, 0.6) is 5.75 Å². The van der Waals surface area contributed by atoms with Crippen LogP contribution in [0.2, 0.25) is 5.02 Å². The highest BCUT2D eigenvalue weighted by Gasteiger charge is 2.25. The second-order valence-electron chi connectivity index (χ2n) is 5.53. The van der Waals surface area contributed by atoms with Gasteiger partial charge in [0.1, 0.15) is 11.0 Å². The maximum absolute atomic E-state index is 11.5. The van der Waals surface area contributed by atoms with Crippen molar-refractivity contribution in [2.24, 2.45) is 0 Å². The molecule has 0 bridgehead atoms. The van der Waals surface area contributed by atoms with Gasteiger partial charge in [-0.25, -0.2) is 4.98 Å². The number of carboxylic acid groups (broad SMARTS) is 2. The summed E-state index contributed by atoms with van der Waals surface area (Å²) in [6, 6.07) is 10.4. The lowest BCUT2D eigenvalue weighted by atomic mass is 10.1. The number of hydrogen-bond donors (Lipinski definition) is 2. The van der Waals surface area contributed by atoms with Crippen LogP contribution in [0, 0.1) is 0 Å². The second-order valence-corrected chi connectivity index (χ2v) is 7.18. The van der Waals surface area contributed by atoms with Crippen LogP contribution in [0.25, 0.3) is 21.8 Å². The fraction of sp³-hybridized carbons (Fsp3) is 0.167. The van der Waals surface area contributed by atoms with Crippen LogP contribution in [0.15, 0.2) is 41.3 Å². The van der Waals surface area contributed by atoms with Gasteiger partial charge in [-0.3, -0.25) is 9.59 Å².